The molecule has 1 heterocycles. The van der Waals surface area contributed by atoms with Crippen LogP contribution in [0.25, 0.3) is 10.1 Å². The van der Waals surface area contributed by atoms with Crippen LogP contribution in [0.1, 0.15) is 35.5 Å². The molecule has 0 aliphatic heterocycles. The van der Waals surface area contributed by atoms with E-state index in [-0.39, 0.29) is 5.91 Å². The summed E-state index contributed by atoms with van der Waals surface area (Å²) in [6.07, 6.45) is 0.782. The maximum absolute atomic E-state index is 12.6. The van der Waals surface area contributed by atoms with Crippen molar-refractivity contribution in [1.29, 1.82) is 0 Å². The summed E-state index contributed by atoms with van der Waals surface area (Å²) in [5, 5.41) is 5.77. The van der Waals surface area contributed by atoms with E-state index in [1.165, 1.54) is 11.3 Å². The van der Waals surface area contributed by atoms with Crippen molar-refractivity contribution >= 4 is 44.6 Å². The molecule has 5 heteroatoms. The number of hydrazone groups is 1. The van der Waals surface area contributed by atoms with Gasteiger partial charge in [0.15, 0.2) is 0 Å². The molecule has 25 heavy (non-hydrogen) atoms. The van der Waals surface area contributed by atoms with Crippen LogP contribution in [-0.2, 0) is 0 Å². The first-order valence-corrected chi connectivity index (χ1v) is 9.35. The van der Waals surface area contributed by atoms with E-state index in [0.29, 0.717) is 15.8 Å². The largest absolute Gasteiger partial charge is 0.283 e. The lowest BCUT2D eigenvalue weighted by Crippen LogP contribution is -2.20. The maximum atomic E-state index is 12.6. The highest BCUT2D eigenvalue weighted by Gasteiger charge is 2.17. The topological polar surface area (TPSA) is 41.5 Å². The average Bonchev–Trinajstić information content (AvgIpc) is 2.96. The first-order chi connectivity index (χ1) is 12.1. The number of fused-ring (bicyclic) bond motifs is 1. The van der Waals surface area contributed by atoms with Crippen molar-refractivity contribution in [2.45, 2.75) is 20.3 Å². The van der Waals surface area contributed by atoms with E-state index in [2.05, 4.69) is 24.4 Å². The van der Waals surface area contributed by atoms with Crippen molar-refractivity contribution in [3.63, 3.8) is 0 Å². The quantitative estimate of drug-likeness (QED) is 0.452. The van der Waals surface area contributed by atoms with Crippen LogP contribution in [0.2, 0.25) is 5.02 Å². The van der Waals surface area contributed by atoms with Crippen molar-refractivity contribution < 1.29 is 4.79 Å². The van der Waals surface area contributed by atoms with E-state index in [9.17, 15) is 4.79 Å². The van der Waals surface area contributed by atoms with Crippen molar-refractivity contribution in [3.05, 3.63) is 70.1 Å². The number of nitrogens with one attached hydrogen (secondary N) is 1. The zero-order valence-corrected chi connectivity index (χ0v) is 15.7. The lowest BCUT2D eigenvalue weighted by Gasteiger charge is -2.09. The van der Waals surface area contributed by atoms with E-state index in [0.717, 1.165) is 27.8 Å². The molecule has 0 atom stereocenters. The highest BCUT2D eigenvalue weighted by atomic mass is 35.5. The zero-order valence-electron chi connectivity index (χ0n) is 14.1. The summed E-state index contributed by atoms with van der Waals surface area (Å²) in [5.41, 5.74) is 4.55. The molecular weight excluding hydrogens is 352 g/mol. The Kier molecular flexibility index (Phi) is 5.51. The second-order valence-electron chi connectivity index (χ2n) is 6.20. The Hall–Kier alpha value is -2.17. The smallest absolute Gasteiger partial charge is 0.266 e. The Labute approximate surface area is 156 Å². The molecular formula is C20H19ClN2OS. The number of carbonyl (C=O) groups is 1. The van der Waals surface area contributed by atoms with Gasteiger partial charge in [0.25, 0.3) is 5.91 Å². The molecule has 0 aliphatic carbocycles. The molecule has 3 aromatic rings. The van der Waals surface area contributed by atoms with Crippen LogP contribution in [0.15, 0.2) is 59.7 Å². The third-order valence-corrected chi connectivity index (χ3v) is 5.42. The molecule has 3 nitrogen and oxygen atoms in total. The van der Waals surface area contributed by atoms with E-state index in [4.69, 9.17) is 11.6 Å². The van der Waals surface area contributed by atoms with E-state index in [1.807, 2.05) is 54.6 Å². The van der Waals surface area contributed by atoms with Gasteiger partial charge < -0.3 is 0 Å². The summed E-state index contributed by atoms with van der Waals surface area (Å²) in [6, 6.07) is 17.6. The van der Waals surface area contributed by atoms with Crippen LogP contribution in [-0.4, -0.2) is 11.6 Å². The Morgan fingerprint density at radius 3 is 2.48 bits per heavy atom. The fraction of sp³-hybridized carbons (Fsp3) is 0.200. The highest BCUT2D eigenvalue weighted by Crippen LogP contribution is 2.34. The van der Waals surface area contributed by atoms with Gasteiger partial charge in [-0.1, -0.05) is 74.0 Å². The molecule has 0 fully saturated rings. The van der Waals surface area contributed by atoms with Gasteiger partial charge in [-0.3, -0.25) is 4.79 Å². The molecule has 0 bridgehead atoms. The molecule has 0 saturated carbocycles. The lowest BCUT2D eigenvalue weighted by molar-refractivity contribution is 0.0959. The number of carbonyl (C=O) groups excluding carboxylic acids is 1. The summed E-state index contributed by atoms with van der Waals surface area (Å²) in [5.74, 6) is 0.159. The van der Waals surface area contributed by atoms with Gasteiger partial charge in [-0.05, 0) is 24.0 Å². The monoisotopic (exact) mass is 370 g/mol. The third-order valence-electron chi connectivity index (χ3n) is 3.74. The van der Waals surface area contributed by atoms with Crippen LogP contribution in [0.3, 0.4) is 0 Å². The van der Waals surface area contributed by atoms with Crippen molar-refractivity contribution in [2.75, 3.05) is 0 Å². The van der Waals surface area contributed by atoms with Gasteiger partial charge in [-0.2, -0.15) is 5.10 Å². The summed E-state index contributed by atoms with van der Waals surface area (Å²) >= 11 is 7.75. The van der Waals surface area contributed by atoms with E-state index < -0.39 is 0 Å². The van der Waals surface area contributed by atoms with Crippen molar-refractivity contribution in [2.24, 2.45) is 11.0 Å². The van der Waals surface area contributed by atoms with Crippen molar-refractivity contribution in [1.82, 2.24) is 5.43 Å². The molecule has 2 aromatic carbocycles. The van der Waals surface area contributed by atoms with E-state index in [1.54, 1.807) is 0 Å². The summed E-state index contributed by atoms with van der Waals surface area (Å²) in [7, 11) is 0. The van der Waals surface area contributed by atoms with Gasteiger partial charge in [0, 0.05) is 10.1 Å². The predicted octanol–water partition coefficient (Wildman–Crippen LogP) is 5.73. The minimum atomic E-state index is -0.275. The third kappa shape index (κ3) is 4.09. The molecule has 0 spiro atoms. The molecule has 128 valence electrons. The number of amides is 1. The van der Waals surface area contributed by atoms with Gasteiger partial charge in [-0.15, -0.1) is 11.3 Å². The Bertz CT molecular complexity index is 916. The summed E-state index contributed by atoms with van der Waals surface area (Å²) in [4.78, 5) is 13.1. The van der Waals surface area contributed by atoms with Crippen LogP contribution < -0.4 is 5.43 Å². The molecule has 3 rings (SSSR count). The Balaban J connectivity index is 1.86. The highest BCUT2D eigenvalue weighted by molar-refractivity contribution is 7.21. The number of hydrogen-bond acceptors (Lipinski definition) is 3. The second kappa shape index (κ2) is 7.81. The molecule has 1 N–H and O–H groups in total. The van der Waals surface area contributed by atoms with Crippen LogP contribution in [0, 0.1) is 5.92 Å². The zero-order chi connectivity index (χ0) is 17.8. The molecule has 0 saturated heterocycles. The minimum absolute atomic E-state index is 0.275. The number of halogens is 1. The SMILES string of the molecule is CC(C)CC(=NNC(=O)c1sc2ccccc2c1Cl)c1ccccc1. The molecule has 0 radical (unpaired) electrons. The van der Waals surface area contributed by atoms with Gasteiger partial charge in [0.2, 0.25) is 0 Å². The van der Waals surface area contributed by atoms with E-state index >= 15 is 0 Å². The summed E-state index contributed by atoms with van der Waals surface area (Å²) in [6.45, 7) is 4.26. The Morgan fingerprint density at radius 2 is 1.80 bits per heavy atom. The number of benzene rings is 2. The first-order valence-electron chi connectivity index (χ1n) is 8.15. The average molecular weight is 371 g/mol. The fourth-order valence-electron chi connectivity index (χ4n) is 2.57. The number of hydrogen-bond donors (Lipinski definition) is 1. The summed E-state index contributed by atoms with van der Waals surface area (Å²) < 4.78 is 0.993. The van der Waals surface area contributed by atoms with Crippen molar-refractivity contribution in [3.8, 4) is 0 Å². The van der Waals surface area contributed by atoms with Gasteiger partial charge in [-0.25, -0.2) is 5.43 Å². The number of rotatable bonds is 5. The lowest BCUT2D eigenvalue weighted by atomic mass is 10.0. The maximum Gasteiger partial charge on any atom is 0.283 e. The Morgan fingerprint density at radius 1 is 1.12 bits per heavy atom. The normalized spacial score (nSPS) is 11.9. The standard InChI is InChI=1S/C20H19ClN2OS/c1-13(2)12-16(14-8-4-3-5-9-14)22-23-20(24)19-18(21)15-10-6-7-11-17(15)25-19/h3-11,13H,12H2,1-2H3,(H,23,24). The number of nitrogens with zero attached hydrogens (tertiary/aromatic N) is 1. The molecule has 1 aromatic heterocycles. The molecule has 0 unspecified atom stereocenters. The second-order valence-corrected chi connectivity index (χ2v) is 7.63. The predicted molar refractivity (Wildman–Crippen MR) is 107 cm³/mol. The van der Waals surface area contributed by atoms with Crippen LogP contribution >= 0.6 is 22.9 Å². The van der Waals surface area contributed by atoms with Gasteiger partial charge in [0.05, 0.1) is 10.7 Å². The fourth-order valence-corrected chi connectivity index (χ4v) is 3.98. The molecule has 0 aliphatic rings. The minimum Gasteiger partial charge on any atom is -0.266 e. The first kappa shape index (κ1) is 17.6. The van der Waals surface area contributed by atoms with Gasteiger partial charge >= 0.3 is 0 Å². The van der Waals surface area contributed by atoms with Gasteiger partial charge in [0.1, 0.15) is 4.88 Å². The van der Waals surface area contributed by atoms with Crippen LogP contribution in [0.4, 0.5) is 0 Å². The molecule has 1 amide bonds. The van der Waals surface area contributed by atoms with Crippen LogP contribution in [0.5, 0.6) is 0 Å². The number of thiophene rings is 1.